The van der Waals surface area contributed by atoms with Crippen LogP contribution in [0.25, 0.3) is 0 Å². The fourth-order valence-electron chi connectivity index (χ4n) is 1.60. The van der Waals surface area contributed by atoms with Crippen LogP contribution in [-0.2, 0) is 0 Å². The van der Waals surface area contributed by atoms with Crippen LogP contribution in [0.4, 0.5) is 11.4 Å². The van der Waals surface area contributed by atoms with E-state index in [2.05, 4.69) is 30.0 Å². The van der Waals surface area contributed by atoms with Gasteiger partial charge in [0.15, 0.2) is 0 Å². The summed E-state index contributed by atoms with van der Waals surface area (Å²) in [5.74, 6) is 0. The van der Waals surface area contributed by atoms with E-state index in [0.717, 1.165) is 24.5 Å². The number of anilines is 2. The molecule has 0 spiro atoms. The molecular formula is C11H14N2. The van der Waals surface area contributed by atoms with E-state index in [1.54, 1.807) is 0 Å². The molecule has 1 aliphatic rings. The van der Waals surface area contributed by atoms with E-state index in [-0.39, 0.29) is 0 Å². The highest BCUT2D eigenvalue weighted by Gasteiger charge is 2.10. The Hall–Kier alpha value is -1.44. The Bertz CT molecular complexity index is 334. The normalized spacial score (nSPS) is 15.3. The molecule has 0 bridgehead atoms. The van der Waals surface area contributed by atoms with Gasteiger partial charge in [0.05, 0.1) is 11.4 Å². The monoisotopic (exact) mass is 174 g/mol. The van der Waals surface area contributed by atoms with E-state index in [9.17, 15) is 0 Å². The number of hydrogen-bond acceptors (Lipinski definition) is 2. The molecule has 2 N–H and O–H groups in total. The second-order valence-corrected chi connectivity index (χ2v) is 3.44. The predicted molar refractivity (Wildman–Crippen MR) is 56.9 cm³/mol. The van der Waals surface area contributed by atoms with Gasteiger partial charge in [0.2, 0.25) is 0 Å². The van der Waals surface area contributed by atoms with Gasteiger partial charge < -0.3 is 10.6 Å². The smallest absolute Gasteiger partial charge is 0.0608 e. The molecule has 0 radical (unpaired) electrons. The van der Waals surface area contributed by atoms with Crippen LogP contribution in [0.15, 0.2) is 30.4 Å². The molecular weight excluding hydrogens is 160 g/mol. The van der Waals surface area contributed by atoms with Crippen LogP contribution in [0, 0.1) is 6.92 Å². The molecule has 0 saturated carbocycles. The highest BCUT2D eigenvalue weighted by atomic mass is 15.1. The molecule has 0 aliphatic carbocycles. The molecule has 2 rings (SSSR count). The number of nitrogen functional groups attached to an aromatic ring is 1. The summed E-state index contributed by atoms with van der Waals surface area (Å²) in [7, 11) is 0. The van der Waals surface area contributed by atoms with Gasteiger partial charge in [0, 0.05) is 13.1 Å². The van der Waals surface area contributed by atoms with Crippen molar-refractivity contribution in [1.29, 1.82) is 0 Å². The quantitative estimate of drug-likeness (QED) is 0.521. The molecule has 1 aromatic carbocycles. The first-order valence-corrected chi connectivity index (χ1v) is 4.53. The minimum absolute atomic E-state index is 0.870. The van der Waals surface area contributed by atoms with Gasteiger partial charge in [0.1, 0.15) is 0 Å². The van der Waals surface area contributed by atoms with Crippen molar-refractivity contribution in [2.75, 3.05) is 23.7 Å². The second-order valence-electron chi connectivity index (χ2n) is 3.44. The van der Waals surface area contributed by atoms with Gasteiger partial charge in [-0.3, -0.25) is 0 Å². The standard InChI is InChI=1S/C11H14N2/c1-9-4-5-10(12)11(8-9)13-6-2-3-7-13/h2-5,8H,6-7,12H2,1H3. The van der Waals surface area contributed by atoms with Gasteiger partial charge >= 0.3 is 0 Å². The maximum Gasteiger partial charge on any atom is 0.0608 e. The Morgan fingerprint density at radius 2 is 1.92 bits per heavy atom. The van der Waals surface area contributed by atoms with E-state index in [1.807, 2.05) is 12.1 Å². The minimum Gasteiger partial charge on any atom is -0.397 e. The molecule has 0 amide bonds. The van der Waals surface area contributed by atoms with E-state index in [4.69, 9.17) is 5.73 Å². The number of nitrogens with zero attached hydrogens (tertiary/aromatic N) is 1. The van der Waals surface area contributed by atoms with Crippen molar-refractivity contribution in [3.8, 4) is 0 Å². The zero-order chi connectivity index (χ0) is 9.26. The zero-order valence-corrected chi connectivity index (χ0v) is 7.83. The molecule has 1 heterocycles. The van der Waals surface area contributed by atoms with E-state index in [0.29, 0.717) is 0 Å². The second kappa shape index (κ2) is 3.13. The predicted octanol–water partition coefficient (Wildman–Crippen LogP) is 1.95. The van der Waals surface area contributed by atoms with Crippen LogP contribution in [0.3, 0.4) is 0 Å². The minimum atomic E-state index is 0.870. The average molecular weight is 174 g/mol. The number of rotatable bonds is 1. The summed E-state index contributed by atoms with van der Waals surface area (Å²) in [5.41, 5.74) is 9.19. The maximum absolute atomic E-state index is 5.90. The highest BCUT2D eigenvalue weighted by molar-refractivity contribution is 5.69. The molecule has 0 aromatic heterocycles. The van der Waals surface area contributed by atoms with Crippen LogP contribution in [0.1, 0.15) is 5.56 Å². The van der Waals surface area contributed by atoms with Crippen LogP contribution in [0.5, 0.6) is 0 Å². The third-order valence-corrected chi connectivity index (χ3v) is 2.34. The van der Waals surface area contributed by atoms with E-state index < -0.39 is 0 Å². The third-order valence-electron chi connectivity index (χ3n) is 2.34. The van der Waals surface area contributed by atoms with Crippen molar-refractivity contribution >= 4 is 11.4 Å². The Balaban J connectivity index is 2.33. The first-order valence-electron chi connectivity index (χ1n) is 4.53. The van der Waals surface area contributed by atoms with Gasteiger partial charge in [-0.1, -0.05) is 18.2 Å². The van der Waals surface area contributed by atoms with Crippen LogP contribution < -0.4 is 10.6 Å². The van der Waals surface area contributed by atoms with Gasteiger partial charge in [0.25, 0.3) is 0 Å². The molecule has 0 fully saturated rings. The van der Waals surface area contributed by atoms with Crippen molar-refractivity contribution in [3.05, 3.63) is 35.9 Å². The lowest BCUT2D eigenvalue weighted by molar-refractivity contribution is 1.01. The number of benzene rings is 1. The summed E-state index contributed by atoms with van der Waals surface area (Å²) in [6, 6.07) is 6.16. The molecule has 1 aliphatic heterocycles. The Morgan fingerprint density at radius 1 is 1.23 bits per heavy atom. The summed E-state index contributed by atoms with van der Waals surface area (Å²) in [4.78, 5) is 2.27. The van der Waals surface area contributed by atoms with Crippen molar-refractivity contribution < 1.29 is 0 Å². The topological polar surface area (TPSA) is 29.3 Å². The largest absolute Gasteiger partial charge is 0.397 e. The molecule has 0 unspecified atom stereocenters. The Kier molecular flexibility index (Phi) is 1.97. The Morgan fingerprint density at radius 3 is 2.62 bits per heavy atom. The van der Waals surface area contributed by atoms with E-state index in [1.165, 1.54) is 5.56 Å². The molecule has 1 aromatic rings. The first kappa shape index (κ1) is 8.17. The lowest BCUT2D eigenvalue weighted by Crippen LogP contribution is -2.19. The van der Waals surface area contributed by atoms with Crippen molar-refractivity contribution in [1.82, 2.24) is 0 Å². The summed E-state index contributed by atoms with van der Waals surface area (Å²) < 4.78 is 0. The number of aryl methyl sites for hydroxylation is 1. The third kappa shape index (κ3) is 1.52. The lowest BCUT2D eigenvalue weighted by Gasteiger charge is -2.20. The summed E-state index contributed by atoms with van der Waals surface area (Å²) >= 11 is 0. The fraction of sp³-hybridized carbons (Fsp3) is 0.273. The summed E-state index contributed by atoms with van der Waals surface area (Å²) in [5, 5.41) is 0. The van der Waals surface area contributed by atoms with Crippen molar-refractivity contribution in [2.24, 2.45) is 0 Å². The van der Waals surface area contributed by atoms with Gasteiger partial charge in [-0.25, -0.2) is 0 Å². The number of hydrogen-bond donors (Lipinski definition) is 1. The molecule has 0 saturated heterocycles. The van der Waals surface area contributed by atoms with Gasteiger partial charge in [-0.15, -0.1) is 0 Å². The molecule has 2 heteroatoms. The summed E-state index contributed by atoms with van der Waals surface area (Å²) in [6.07, 6.45) is 4.34. The Labute approximate surface area is 78.7 Å². The molecule has 13 heavy (non-hydrogen) atoms. The number of nitrogens with two attached hydrogens (primary N) is 1. The van der Waals surface area contributed by atoms with Crippen LogP contribution in [0.2, 0.25) is 0 Å². The molecule has 2 nitrogen and oxygen atoms in total. The van der Waals surface area contributed by atoms with Crippen LogP contribution >= 0.6 is 0 Å². The van der Waals surface area contributed by atoms with Crippen molar-refractivity contribution in [2.45, 2.75) is 6.92 Å². The highest BCUT2D eigenvalue weighted by Crippen LogP contribution is 2.25. The first-order chi connectivity index (χ1) is 6.27. The summed E-state index contributed by atoms with van der Waals surface area (Å²) in [6.45, 7) is 4.05. The average Bonchev–Trinajstić information content (AvgIpc) is 2.61. The molecule has 0 atom stereocenters. The lowest BCUT2D eigenvalue weighted by atomic mass is 10.2. The van der Waals surface area contributed by atoms with Crippen LogP contribution in [-0.4, -0.2) is 13.1 Å². The van der Waals surface area contributed by atoms with Gasteiger partial charge in [-0.05, 0) is 24.6 Å². The maximum atomic E-state index is 5.90. The SMILES string of the molecule is Cc1ccc(N)c(N2CC=CC2)c1. The zero-order valence-electron chi connectivity index (χ0n) is 7.83. The van der Waals surface area contributed by atoms with E-state index >= 15 is 0 Å². The fourth-order valence-corrected chi connectivity index (χ4v) is 1.60. The molecule has 68 valence electrons. The van der Waals surface area contributed by atoms with Gasteiger partial charge in [-0.2, -0.15) is 0 Å². The van der Waals surface area contributed by atoms with Crippen molar-refractivity contribution in [3.63, 3.8) is 0 Å².